The highest BCUT2D eigenvalue weighted by molar-refractivity contribution is 5.74. The first-order valence-electron chi connectivity index (χ1n) is 7.55. The molecule has 1 aliphatic heterocycles. The number of hydrogen-bond donors (Lipinski definition) is 1. The Bertz CT molecular complexity index is 299. The van der Waals surface area contributed by atoms with Gasteiger partial charge in [-0.05, 0) is 65.0 Å². The van der Waals surface area contributed by atoms with E-state index in [1.165, 1.54) is 19.3 Å². The normalized spacial score (nSPS) is 21.3. The van der Waals surface area contributed by atoms with Gasteiger partial charge in [0.25, 0.3) is 0 Å². The number of piperidine rings is 1. The molecule has 3 heteroatoms. The number of rotatable bonds is 8. The second-order valence-corrected chi connectivity index (χ2v) is 6.30. The Balaban J connectivity index is 2.34. The molecule has 1 atom stereocenters. The number of allylic oxidation sites excluding steroid dienone is 1. The number of carboxylic acid groups (broad SMARTS) is 1. The lowest BCUT2D eigenvalue weighted by molar-refractivity contribution is -0.151. The second kappa shape index (κ2) is 7.68. The van der Waals surface area contributed by atoms with E-state index in [1.54, 1.807) is 0 Å². The van der Waals surface area contributed by atoms with Crippen LogP contribution in [0, 0.1) is 11.3 Å². The minimum atomic E-state index is -0.662. The summed E-state index contributed by atoms with van der Waals surface area (Å²) in [5.41, 5.74) is -0.596. The van der Waals surface area contributed by atoms with Gasteiger partial charge in [0.05, 0.1) is 5.41 Å². The smallest absolute Gasteiger partial charge is 0.309 e. The summed E-state index contributed by atoms with van der Waals surface area (Å²) < 4.78 is 0. The summed E-state index contributed by atoms with van der Waals surface area (Å²) >= 11 is 0. The molecule has 0 aromatic rings. The lowest BCUT2D eigenvalue weighted by Gasteiger charge is -2.39. The lowest BCUT2D eigenvalue weighted by atomic mass is 9.74. The van der Waals surface area contributed by atoms with E-state index >= 15 is 0 Å². The first-order chi connectivity index (χ1) is 8.98. The van der Waals surface area contributed by atoms with Gasteiger partial charge in [0.15, 0.2) is 0 Å². The quantitative estimate of drug-likeness (QED) is 0.540. The van der Waals surface area contributed by atoms with Crippen LogP contribution in [-0.4, -0.2) is 35.6 Å². The maximum Gasteiger partial charge on any atom is 0.309 e. The Labute approximate surface area is 117 Å². The molecule has 0 aromatic heterocycles. The highest BCUT2D eigenvalue weighted by atomic mass is 16.4. The Hall–Kier alpha value is -0.830. The summed E-state index contributed by atoms with van der Waals surface area (Å²) in [5.74, 6) is -0.378. The van der Waals surface area contributed by atoms with E-state index in [9.17, 15) is 9.90 Å². The van der Waals surface area contributed by atoms with Crippen LogP contribution in [0.15, 0.2) is 12.7 Å². The molecule has 0 saturated carbocycles. The van der Waals surface area contributed by atoms with Gasteiger partial charge in [0.2, 0.25) is 0 Å². The Kier molecular flexibility index (Phi) is 6.56. The van der Waals surface area contributed by atoms with Crippen molar-refractivity contribution < 1.29 is 9.90 Å². The predicted molar refractivity (Wildman–Crippen MR) is 79.2 cm³/mol. The fourth-order valence-electron chi connectivity index (χ4n) is 2.82. The first kappa shape index (κ1) is 16.2. The van der Waals surface area contributed by atoms with Gasteiger partial charge >= 0.3 is 5.97 Å². The van der Waals surface area contributed by atoms with Gasteiger partial charge < -0.3 is 10.0 Å². The summed E-state index contributed by atoms with van der Waals surface area (Å²) in [5, 5.41) is 9.33. The van der Waals surface area contributed by atoms with E-state index in [0.29, 0.717) is 0 Å². The van der Waals surface area contributed by atoms with Crippen LogP contribution in [0.4, 0.5) is 0 Å². The van der Waals surface area contributed by atoms with E-state index in [4.69, 9.17) is 0 Å². The van der Waals surface area contributed by atoms with Crippen LogP contribution in [0.3, 0.4) is 0 Å². The van der Waals surface area contributed by atoms with Crippen molar-refractivity contribution in [2.75, 3.05) is 19.6 Å². The van der Waals surface area contributed by atoms with Gasteiger partial charge in [-0.2, -0.15) is 0 Å². The SMILES string of the molecule is C=CCCCCCN1CCCC(C(C)(C)C(=O)O)C1. The third-order valence-electron chi connectivity index (χ3n) is 4.46. The van der Waals surface area contributed by atoms with E-state index in [2.05, 4.69) is 11.5 Å². The van der Waals surface area contributed by atoms with Crippen LogP contribution in [0.2, 0.25) is 0 Å². The molecule has 1 fully saturated rings. The maximum absolute atomic E-state index is 11.3. The van der Waals surface area contributed by atoms with Crippen molar-refractivity contribution in [3.63, 3.8) is 0 Å². The molecule has 19 heavy (non-hydrogen) atoms. The molecular weight excluding hydrogens is 238 g/mol. The molecule has 1 saturated heterocycles. The Morgan fingerprint density at radius 1 is 1.42 bits per heavy atom. The lowest BCUT2D eigenvalue weighted by Crippen LogP contribution is -2.44. The first-order valence-corrected chi connectivity index (χ1v) is 7.55. The molecule has 0 aromatic carbocycles. The van der Waals surface area contributed by atoms with Gasteiger partial charge in [-0.1, -0.05) is 12.5 Å². The third-order valence-corrected chi connectivity index (χ3v) is 4.46. The summed E-state index contributed by atoms with van der Waals surface area (Å²) in [6.07, 6.45) is 8.95. The van der Waals surface area contributed by atoms with E-state index in [1.807, 2.05) is 19.9 Å². The van der Waals surface area contributed by atoms with Crippen LogP contribution >= 0.6 is 0 Å². The molecule has 1 unspecified atom stereocenters. The molecule has 1 aliphatic rings. The van der Waals surface area contributed by atoms with Gasteiger partial charge in [0.1, 0.15) is 0 Å². The van der Waals surface area contributed by atoms with Crippen molar-refractivity contribution in [1.82, 2.24) is 4.90 Å². The average Bonchev–Trinajstić information content (AvgIpc) is 2.38. The minimum Gasteiger partial charge on any atom is -0.481 e. The van der Waals surface area contributed by atoms with Crippen molar-refractivity contribution in [1.29, 1.82) is 0 Å². The number of hydrogen-bond acceptors (Lipinski definition) is 2. The fraction of sp³-hybridized carbons (Fsp3) is 0.812. The second-order valence-electron chi connectivity index (χ2n) is 6.30. The highest BCUT2D eigenvalue weighted by Gasteiger charge is 2.38. The third kappa shape index (κ3) is 4.98. The average molecular weight is 267 g/mol. The van der Waals surface area contributed by atoms with E-state index < -0.39 is 11.4 Å². The van der Waals surface area contributed by atoms with Crippen LogP contribution in [-0.2, 0) is 4.79 Å². The maximum atomic E-state index is 11.3. The molecule has 0 amide bonds. The number of nitrogens with zero attached hydrogens (tertiary/aromatic N) is 1. The summed E-state index contributed by atoms with van der Waals surface area (Å²) in [6.45, 7) is 10.7. The number of aliphatic carboxylic acids is 1. The topological polar surface area (TPSA) is 40.5 Å². The molecule has 1 rings (SSSR count). The molecule has 110 valence electrons. The zero-order chi connectivity index (χ0) is 14.3. The molecule has 1 heterocycles. The van der Waals surface area contributed by atoms with E-state index in [-0.39, 0.29) is 5.92 Å². The summed E-state index contributed by atoms with van der Waals surface area (Å²) in [6, 6.07) is 0. The van der Waals surface area contributed by atoms with Crippen molar-refractivity contribution in [3.8, 4) is 0 Å². The highest BCUT2D eigenvalue weighted by Crippen LogP contribution is 2.34. The summed E-state index contributed by atoms with van der Waals surface area (Å²) in [7, 11) is 0. The van der Waals surface area contributed by atoms with Crippen LogP contribution in [0.25, 0.3) is 0 Å². The molecule has 0 spiro atoms. The number of likely N-dealkylation sites (tertiary alicyclic amines) is 1. The molecular formula is C16H29NO2. The number of unbranched alkanes of at least 4 members (excludes halogenated alkanes) is 3. The van der Waals surface area contributed by atoms with Crippen molar-refractivity contribution in [2.24, 2.45) is 11.3 Å². The zero-order valence-electron chi connectivity index (χ0n) is 12.5. The molecule has 0 radical (unpaired) electrons. The molecule has 0 aliphatic carbocycles. The van der Waals surface area contributed by atoms with Crippen LogP contribution in [0.1, 0.15) is 52.4 Å². The Morgan fingerprint density at radius 3 is 2.79 bits per heavy atom. The van der Waals surface area contributed by atoms with Gasteiger partial charge in [0, 0.05) is 6.54 Å². The van der Waals surface area contributed by atoms with Crippen molar-refractivity contribution in [3.05, 3.63) is 12.7 Å². The zero-order valence-corrected chi connectivity index (χ0v) is 12.5. The van der Waals surface area contributed by atoms with Gasteiger partial charge in [-0.25, -0.2) is 0 Å². The molecule has 3 nitrogen and oxygen atoms in total. The van der Waals surface area contributed by atoms with Crippen molar-refractivity contribution >= 4 is 5.97 Å². The van der Waals surface area contributed by atoms with E-state index in [0.717, 1.165) is 38.9 Å². The summed E-state index contributed by atoms with van der Waals surface area (Å²) in [4.78, 5) is 13.8. The largest absolute Gasteiger partial charge is 0.481 e. The van der Waals surface area contributed by atoms with Crippen molar-refractivity contribution in [2.45, 2.75) is 52.4 Å². The molecule has 1 N–H and O–H groups in total. The number of carbonyl (C=O) groups is 1. The molecule has 0 bridgehead atoms. The van der Waals surface area contributed by atoms with Crippen LogP contribution < -0.4 is 0 Å². The Morgan fingerprint density at radius 2 is 2.16 bits per heavy atom. The fourth-order valence-corrected chi connectivity index (χ4v) is 2.82. The standard InChI is InChI=1S/C16H29NO2/c1-4-5-6-7-8-11-17-12-9-10-14(13-17)16(2,3)15(18)19/h4,14H,1,5-13H2,2-3H3,(H,18,19). The number of carboxylic acids is 1. The monoisotopic (exact) mass is 267 g/mol. The predicted octanol–water partition coefficient (Wildman–Crippen LogP) is 3.56. The van der Waals surface area contributed by atoms with Gasteiger partial charge in [-0.15, -0.1) is 6.58 Å². The minimum absolute atomic E-state index is 0.284. The van der Waals surface area contributed by atoms with Crippen LogP contribution in [0.5, 0.6) is 0 Å². The van der Waals surface area contributed by atoms with Gasteiger partial charge in [-0.3, -0.25) is 4.79 Å².